The monoisotopic (exact) mass is 276 g/mol. The van der Waals surface area contributed by atoms with Crippen LogP contribution in [0.3, 0.4) is 0 Å². The average Bonchev–Trinajstić information content (AvgIpc) is 2.38. The maximum atomic E-state index is 6.13. The molecule has 0 aliphatic carbocycles. The second-order valence-electron chi connectivity index (χ2n) is 4.42. The molecule has 0 fully saturated rings. The summed E-state index contributed by atoms with van der Waals surface area (Å²) in [7, 11) is 3.62. The van der Waals surface area contributed by atoms with Crippen molar-refractivity contribution < 1.29 is 4.74 Å². The van der Waals surface area contributed by atoms with Gasteiger partial charge in [0.25, 0.3) is 0 Å². The van der Waals surface area contributed by atoms with Crippen molar-refractivity contribution in [1.82, 2.24) is 0 Å². The zero-order chi connectivity index (χ0) is 13.8. The quantitative estimate of drug-likeness (QED) is 0.868. The van der Waals surface area contributed by atoms with Crippen LogP contribution in [0.15, 0.2) is 42.5 Å². The van der Waals surface area contributed by atoms with Gasteiger partial charge in [0.05, 0.1) is 12.1 Å². The largest absolute Gasteiger partial charge is 0.495 e. The molecule has 0 heterocycles. The van der Waals surface area contributed by atoms with Gasteiger partial charge in [-0.1, -0.05) is 23.7 Å². The van der Waals surface area contributed by atoms with Gasteiger partial charge < -0.3 is 15.4 Å². The molecule has 2 rings (SSSR count). The van der Waals surface area contributed by atoms with E-state index in [4.69, 9.17) is 22.1 Å². The number of methoxy groups -OCH3 is 1. The number of hydrogen-bond acceptors (Lipinski definition) is 3. The summed E-state index contributed by atoms with van der Waals surface area (Å²) in [5.74, 6) is 0.683. The second kappa shape index (κ2) is 5.85. The predicted octanol–water partition coefficient (Wildman–Crippen LogP) is 3.57. The number of nitrogens with two attached hydrogens (primary N) is 1. The molecule has 19 heavy (non-hydrogen) atoms. The lowest BCUT2D eigenvalue weighted by Crippen LogP contribution is -2.16. The Morgan fingerprint density at radius 1 is 1.21 bits per heavy atom. The van der Waals surface area contributed by atoms with Crippen molar-refractivity contribution in [2.75, 3.05) is 24.8 Å². The molecule has 2 aromatic rings. The van der Waals surface area contributed by atoms with E-state index in [0.717, 1.165) is 23.5 Å². The summed E-state index contributed by atoms with van der Waals surface area (Å²) in [6.07, 6.45) is 0. The minimum atomic E-state index is 0.611. The van der Waals surface area contributed by atoms with Gasteiger partial charge in [-0.25, -0.2) is 0 Å². The average molecular weight is 277 g/mol. The van der Waals surface area contributed by atoms with Crippen LogP contribution in [0.2, 0.25) is 5.02 Å². The van der Waals surface area contributed by atoms with Gasteiger partial charge in [0.15, 0.2) is 0 Å². The summed E-state index contributed by atoms with van der Waals surface area (Å²) in [6, 6.07) is 13.6. The van der Waals surface area contributed by atoms with Crippen LogP contribution in [0.25, 0.3) is 0 Å². The van der Waals surface area contributed by atoms with Gasteiger partial charge in [0.2, 0.25) is 0 Å². The number of anilines is 2. The Kier molecular flexibility index (Phi) is 4.17. The van der Waals surface area contributed by atoms with Crippen LogP contribution in [-0.4, -0.2) is 14.2 Å². The summed E-state index contributed by atoms with van der Waals surface area (Å²) in [5, 5.41) is 0.611. The van der Waals surface area contributed by atoms with Crippen LogP contribution in [0.4, 0.5) is 11.4 Å². The van der Waals surface area contributed by atoms with Crippen LogP contribution in [-0.2, 0) is 6.54 Å². The first-order valence-corrected chi connectivity index (χ1v) is 6.37. The van der Waals surface area contributed by atoms with Crippen molar-refractivity contribution >= 4 is 23.0 Å². The van der Waals surface area contributed by atoms with Crippen LogP contribution in [0.5, 0.6) is 5.75 Å². The maximum Gasteiger partial charge on any atom is 0.137 e. The summed E-state index contributed by atoms with van der Waals surface area (Å²) >= 11 is 6.13. The van der Waals surface area contributed by atoms with E-state index in [2.05, 4.69) is 11.0 Å². The summed E-state index contributed by atoms with van der Waals surface area (Å²) in [4.78, 5) is 2.11. The highest BCUT2D eigenvalue weighted by Crippen LogP contribution is 2.29. The van der Waals surface area contributed by atoms with Gasteiger partial charge in [-0.15, -0.1) is 0 Å². The van der Waals surface area contributed by atoms with Gasteiger partial charge in [0.1, 0.15) is 5.75 Å². The van der Waals surface area contributed by atoms with Gasteiger partial charge in [-0.3, -0.25) is 0 Å². The third-order valence-electron chi connectivity index (χ3n) is 2.95. The SMILES string of the molecule is COc1ccc(N(C)Cc2cccc(N)c2)cc1Cl. The molecule has 0 amide bonds. The lowest BCUT2D eigenvalue weighted by Gasteiger charge is -2.20. The Labute approximate surface area is 118 Å². The third-order valence-corrected chi connectivity index (χ3v) is 3.24. The lowest BCUT2D eigenvalue weighted by molar-refractivity contribution is 0.415. The highest BCUT2D eigenvalue weighted by atomic mass is 35.5. The standard InChI is InChI=1S/C15H17ClN2O/c1-18(10-11-4-3-5-12(17)8-11)13-6-7-15(19-2)14(16)9-13/h3-9H,10,17H2,1-2H3. The van der Waals surface area contributed by atoms with Gasteiger partial charge >= 0.3 is 0 Å². The Morgan fingerprint density at radius 2 is 2.00 bits per heavy atom. The number of nitrogen functional groups attached to an aromatic ring is 1. The number of benzene rings is 2. The topological polar surface area (TPSA) is 38.5 Å². The van der Waals surface area contributed by atoms with Crippen molar-refractivity contribution in [3.63, 3.8) is 0 Å². The Balaban J connectivity index is 2.15. The van der Waals surface area contributed by atoms with Crippen molar-refractivity contribution in [1.29, 1.82) is 0 Å². The first-order chi connectivity index (χ1) is 9.10. The van der Waals surface area contributed by atoms with Crippen molar-refractivity contribution in [2.24, 2.45) is 0 Å². The Hall–Kier alpha value is -1.87. The molecule has 0 aliphatic heterocycles. The smallest absolute Gasteiger partial charge is 0.137 e. The molecule has 2 N–H and O–H groups in total. The van der Waals surface area contributed by atoms with E-state index in [1.54, 1.807) is 7.11 Å². The highest BCUT2D eigenvalue weighted by molar-refractivity contribution is 6.32. The summed E-state index contributed by atoms with van der Waals surface area (Å²) < 4.78 is 5.15. The fourth-order valence-electron chi connectivity index (χ4n) is 1.95. The van der Waals surface area contributed by atoms with Gasteiger partial charge in [-0.2, -0.15) is 0 Å². The molecule has 100 valence electrons. The zero-order valence-corrected chi connectivity index (χ0v) is 11.8. The Morgan fingerprint density at radius 3 is 2.63 bits per heavy atom. The molecular weight excluding hydrogens is 260 g/mol. The van der Waals surface area contributed by atoms with Crippen LogP contribution in [0.1, 0.15) is 5.56 Å². The van der Waals surface area contributed by atoms with Gasteiger partial charge in [-0.05, 0) is 35.9 Å². The fraction of sp³-hybridized carbons (Fsp3) is 0.200. The van der Waals surface area contributed by atoms with E-state index >= 15 is 0 Å². The molecule has 4 heteroatoms. The van der Waals surface area contributed by atoms with E-state index in [0.29, 0.717) is 10.8 Å². The molecule has 0 aromatic heterocycles. The van der Waals surface area contributed by atoms with E-state index in [1.165, 1.54) is 0 Å². The van der Waals surface area contributed by atoms with Crippen LogP contribution in [0, 0.1) is 0 Å². The molecule has 3 nitrogen and oxygen atoms in total. The molecule has 0 unspecified atom stereocenters. The number of ether oxygens (including phenoxy) is 1. The number of nitrogens with zero attached hydrogens (tertiary/aromatic N) is 1. The molecule has 0 atom stereocenters. The summed E-state index contributed by atoms with van der Waals surface area (Å²) in [5.41, 5.74) is 8.75. The number of hydrogen-bond donors (Lipinski definition) is 1. The first kappa shape index (κ1) is 13.6. The molecule has 2 aromatic carbocycles. The van der Waals surface area contributed by atoms with Crippen molar-refractivity contribution in [3.05, 3.63) is 53.1 Å². The van der Waals surface area contributed by atoms with Crippen LogP contribution >= 0.6 is 11.6 Å². The lowest BCUT2D eigenvalue weighted by atomic mass is 10.2. The molecule has 0 radical (unpaired) electrons. The maximum absolute atomic E-state index is 6.13. The number of halogens is 1. The fourth-order valence-corrected chi connectivity index (χ4v) is 2.20. The molecule has 0 spiro atoms. The molecular formula is C15H17ClN2O. The molecule has 0 saturated carbocycles. The number of rotatable bonds is 4. The minimum Gasteiger partial charge on any atom is -0.495 e. The molecule has 0 aliphatic rings. The zero-order valence-electron chi connectivity index (χ0n) is 11.1. The van der Waals surface area contributed by atoms with Gasteiger partial charge in [0, 0.05) is 25.0 Å². The van der Waals surface area contributed by atoms with E-state index < -0.39 is 0 Å². The van der Waals surface area contributed by atoms with E-state index in [9.17, 15) is 0 Å². The van der Waals surface area contributed by atoms with Crippen molar-refractivity contribution in [3.8, 4) is 5.75 Å². The van der Waals surface area contributed by atoms with E-state index in [-0.39, 0.29) is 0 Å². The summed E-state index contributed by atoms with van der Waals surface area (Å²) in [6.45, 7) is 0.772. The van der Waals surface area contributed by atoms with Crippen molar-refractivity contribution in [2.45, 2.75) is 6.54 Å². The minimum absolute atomic E-state index is 0.611. The predicted molar refractivity (Wildman–Crippen MR) is 81.0 cm³/mol. The third kappa shape index (κ3) is 3.32. The highest BCUT2D eigenvalue weighted by Gasteiger charge is 2.06. The molecule has 0 saturated heterocycles. The Bertz CT molecular complexity index is 572. The first-order valence-electron chi connectivity index (χ1n) is 5.99. The second-order valence-corrected chi connectivity index (χ2v) is 4.83. The van der Waals surface area contributed by atoms with Crippen LogP contribution < -0.4 is 15.4 Å². The normalized spacial score (nSPS) is 10.3. The molecule has 0 bridgehead atoms. The van der Waals surface area contributed by atoms with E-state index in [1.807, 2.05) is 43.4 Å².